The molecule has 76 heavy (non-hydrogen) atoms. The van der Waals surface area contributed by atoms with E-state index in [9.17, 15) is 0 Å². The Kier molecular flexibility index (Phi) is 18.8. The van der Waals surface area contributed by atoms with Crippen LogP contribution in [-0.4, -0.2) is 66.3 Å². The zero-order chi connectivity index (χ0) is 54.3. The molecule has 0 fully saturated rings. The molecule has 5 heterocycles. The van der Waals surface area contributed by atoms with E-state index in [1.807, 2.05) is 0 Å². The Balaban J connectivity index is 1.47. The van der Waals surface area contributed by atoms with Crippen LogP contribution >= 0.6 is 139 Å². The molecule has 0 amide bonds. The molecule has 0 saturated carbocycles. The number of benzene rings is 4. The van der Waals surface area contributed by atoms with Crippen molar-refractivity contribution < 1.29 is 18.9 Å². The largest absolute Gasteiger partial charge is 0.490 e. The number of aromatic amines is 2. The molecule has 2 aliphatic rings. The van der Waals surface area contributed by atoms with Crippen LogP contribution in [0.3, 0.4) is 0 Å². The van der Waals surface area contributed by atoms with Crippen LogP contribution in [0, 0.1) is 0 Å². The van der Waals surface area contributed by atoms with Gasteiger partial charge in [-0.2, -0.15) is 0 Å². The second kappa shape index (κ2) is 24.7. The first kappa shape index (κ1) is 57.6. The summed E-state index contributed by atoms with van der Waals surface area (Å²) in [5, 5.41) is 1.39. The fourth-order valence-electron chi connectivity index (χ4n) is 8.88. The van der Waals surface area contributed by atoms with Gasteiger partial charge >= 0.3 is 0 Å². The van der Waals surface area contributed by atoms with Crippen LogP contribution in [0.5, 0.6) is 23.0 Å². The van der Waals surface area contributed by atoms with Crippen molar-refractivity contribution in [3.63, 3.8) is 0 Å². The molecule has 7 aromatic rings. The number of hydrogen-bond donors (Lipinski definition) is 2. The highest BCUT2D eigenvalue weighted by atomic mass is 35.5. The van der Waals surface area contributed by atoms with Gasteiger partial charge in [-0.25, -0.2) is 29.9 Å². The smallest absolute Gasteiger partial charge is 0.166 e. The van der Waals surface area contributed by atoms with Crippen molar-refractivity contribution >= 4 is 183 Å². The fourth-order valence-corrected chi connectivity index (χ4v) is 12.4. The molecular formula is C52H46Cl12N8O4. The average Bonchev–Trinajstić information content (AvgIpc) is 4.16. The number of fused-ring (bicyclic) bond motifs is 20. The maximum absolute atomic E-state index is 7.36. The zero-order valence-corrected chi connectivity index (χ0v) is 50.2. The normalized spacial score (nSPS) is 12.0. The van der Waals surface area contributed by atoms with E-state index in [1.54, 1.807) is 0 Å². The number of nitrogens with zero attached hydrogens (tertiary/aromatic N) is 6. The molecule has 3 aromatic heterocycles. The number of unbranched alkanes of at least 4 members (excludes halogenated alkanes) is 8. The number of ether oxygens (including phenoxy) is 4. The van der Waals surface area contributed by atoms with Crippen LogP contribution in [0.4, 0.5) is 0 Å². The van der Waals surface area contributed by atoms with Crippen molar-refractivity contribution in [1.82, 2.24) is 39.9 Å². The summed E-state index contributed by atoms with van der Waals surface area (Å²) in [6.07, 6.45) is 10.3. The van der Waals surface area contributed by atoms with E-state index in [-0.39, 0.29) is 173 Å². The van der Waals surface area contributed by atoms with Gasteiger partial charge in [0.25, 0.3) is 0 Å². The lowest BCUT2D eigenvalue weighted by Crippen LogP contribution is -2.00. The van der Waals surface area contributed by atoms with E-state index in [0.29, 0.717) is 26.4 Å². The first-order valence-electron chi connectivity index (χ1n) is 24.8. The first-order chi connectivity index (χ1) is 36.6. The van der Waals surface area contributed by atoms with Crippen LogP contribution in [0.2, 0.25) is 60.3 Å². The molecule has 0 aliphatic carbocycles. The molecule has 2 N–H and O–H groups in total. The van der Waals surface area contributed by atoms with Gasteiger partial charge in [0.15, 0.2) is 46.3 Å². The summed E-state index contributed by atoms with van der Waals surface area (Å²) in [5.74, 6) is 0.478. The van der Waals surface area contributed by atoms with E-state index < -0.39 is 0 Å². The SMILES string of the molecule is CCCCCOc1c(Cl)c(Cl)c2c(c1Cl)-c1nc-2nc2[nH]c(nc3nc(nc4[nH]c(n1)c1c(Cl)c(Cl)c(OCCCCC)c(Cl)c41)-c1c(Cl)c(Cl)c(OCCCCC)c(Cl)c1-3)c1c(Cl)c(Cl)c(OCCCCC)c(Cl)c21. The minimum Gasteiger partial charge on any atom is -0.490 e. The fraction of sp³-hybridized carbons (Fsp3) is 0.385. The molecule has 9 rings (SSSR count). The lowest BCUT2D eigenvalue weighted by molar-refractivity contribution is 0.306. The highest BCUT2D eigenvalue weighted by molar-refractivity contribution is 6.53. The second-order valence-corrected chi connectivity index (χ2v) is 22.5. The van der Waals surface area contributed by atoms with E-state index in [1.165, 1.54) is 0 Å². The summed E-state index contributed by atoms with van der Waals surface area (Å²) in [7, 11) is 0. The third-order valence-electron chi connectivity index (χ3n) is 12.7. The van der Waals surface area contributed by atoms with Crippen molar-refractivity contribution in [3.8, 4) is 68.5 Å². The molecule has 0 saturated heterocycles. The van der Waals surface area contributed by atoms with Gasteiger partial charge in [0.2, 0.25) is 0 Å². The summed E-state index contributed by atoms with van der Waals surface area (Å²) in [6, 6.07) is 0. The van der Waals surface area contributed by atoms with Gasteiger partial charge in [0, 0.05) is 0 Å². The maximum atomic E-state index is 7.36. The van der Waals surface area contributed by atoms with Crippen LogP contribution in [0.1, 0.15) is 105 Å². The Labute approximate surface area is 497 Å². The van der Waals surface area contributed by atoms with E-state index in [4.69, 9.17) is 188 Å². The Morgan fingerprint density at radius 1 is 0.276 bits per heavy atom. The summed E-state index contributed by atoms with van der Waals surface area (Å²) in [4.78, 5) is 37.0. The third-order valence-corrected chi connectivity index (χ3v) is 17.5. The number of halogens is 12. The van der Waals surface area contributed by atoms with Crippen LogP contribution < -0.4 is 18.9 Å². The Morgan fingerprint density at radius 2 is 0.513 bits per heavy atom. The number of H-pyrrole nitrogens is 2. The highest BCUT2D eigenvalue weighted by Gasteiger charge is 2.35. The third kappa shape index (κ3) is 10.6. The minimum atomic E-state index is -0.00589. The summed E-state index contributed by atoms with van der Waals surface area (Å²) >= 11 is 86.8. The predicted octanol–water partition coefficient (Wildman–Crippen LogP) is 21.0. The van der Waals surface area contributed by atoms with Gasteiger partial charge in [0.1, 0.15) is 42.7 Å². The van der Waals surface area contributed by atoms with Crippen LogP contribution in [0.15, 0.2) is 0 Å². The number of nitrogens with one attached hydrogen (secondary N) is 2. The first-order valence-corrected chi connectivity index (χ1v) is 29.3. The molecule has 2 aliphatic heterocycles. The van der Waals surface area contributed by atoms with Gasteiger partial charge < -0.3 is 28.9 Å². The molecule has 0 radical (unpaired) electrons. The zero-order valence-electron chi connectivity index (χ0n) is 41.2. The van der Waals surface area contributed by atoms with E-state index >= 15 is 0 Å². The number of rotatable bonds is 20. The molecular weight excluding hydrogens is 1230 g/mol. The van der Waals surface area contributed by atoms with Gasteiger partial charge in [-0.1, -0.05) is 218 Å². The van der Waals surface area contributed by atoms with Crippen LogP contribution in [-0.2, 0) is 0 Å². The maximum Gasteiger partial charge on any atom is 0.166 e. The predicted molar refractivity (Wildman–Crippen MR) is 316 cm³/mol. The molecule has 0 spiro atoms. The summed E-state index contributed by atoms with van der Waals surface area (Å²) in [5.41, 5.74) is 1.20. The molecule has 0 unspecified atom stereocenters. The molecule has 402 valence electrons. The van der Waals surface area contributed by atoms with Gasteiger partial charge in [-0.05, 0) is 25.7 Å². The van der Waals surface area contributed by atoms with Crippen LogP contribution in [0.25, 0.3) is 89.7 Å². The topological polar surface area (TPSA) is 146 Å². The van der Waals surface area contributed by atoms with Gasteiger partial charge in [0.05, 0.1) is 110 Å². The standard InChI is InChI=1S/C52H46Cl12N8O4/c1-5-9-13-17-73-41-33(57)25-21(29(53)37(41)61)45-65-49(25)69-46-22-26(34(58)42(38(62)30(22)54)74-18-14-10-6-2)51(66-46)71-48-24-28(36(60)44(40(64)32(24)56)76-20-16-12-8-4)52(68-48)72-47-23-27(50(67-47)70-45)35(59)43(39(63)31(23)55)75-19-15-11-7-3/h5-20H2,1-4H3,(H2,65,66,67,68,69,70,71,72). The van der Waals surface area contributed by atoms with Gasteiger partial charge in [-0.3, -0.25) is 0 Å². The summed E-state index contributed by atoms with van der Waals surface area (Å²) in [6.45, 7) is 9.49. The molecule has 12 nitrogen and oxygen atoms in total. The lowest BCUT2D eigenvalue weighted by Gasteiger charge is -2.15. The van der Waals surface area contributed by atoms with E-state index in [0.717, 1.165) is 77.0 Å². The average molecular weight is 1270 g/mol. The lowest BCUT2D eigenvalue weighted by atomic mass is 10.1. The second-order valence-electron chi connectivity index (χ2n) is 17.9. The molecule has 4 aromatic carbocycles. The van der Waals surface area contributed by atoms with Crippen molar-refractivity contribution in [2.75, 3.05) is 26.4 Å². The Morgan fingerprint density at radius 3 is 0.789 bits per heavy atom. The van der Waals surface area contributed by atoms with Crippen molar-refractivity contribution in [3.05, 3.63) is 60.3 Å². The highest BCUT2D eigenvalue weighted by Crippen LogP contribution is 2.56. The number of hydrogen-bond acceptors (Lipinski definition) is 10. The Bertz CT molecular complexity index is 3400. The van der Waals surface area contributed by atoms with Crippen molar-refractivity contribution in [1.29, 1.82) is 0 Å². The van der Waals surface area contributed by atoms with E-state index in [2.05, 4.69) is 37.7 Å². The number of aromatic nitrogens is 8. The molecule has 24 heteroatoms. The quantitative estimate of drug-likeness (QED) is 0.0559. The Hall–Kier alpha value is -3.08. The molecule has 8 bridgehead atoms. The van der Waals surface area contributed by atoms with Crippen molar-refractivity contribution in [2.24, 2.45) is 0 Å². The minimum absolute atomic E-state index is 0.000798. The monoisotopic (exact) mass is 1270 g/mol. The van der Waals surface area contributed by atoms with Gasteiger partial charge in [-0.15, -0.1) is 0 Å². The van der Waals surface area contributed by atoms with Crippen molar-refractivity contribution in [2.45, 2.75) is 105 Å². The molecule has 0 atom stereocenters. The summed E-state index contributed by atoms with van der Waals surface area (Å²) < 4.78 is 25.0.